The summed E-state index contributed by atoms with van der Waals surface area (Å²) >= 11 is -8.05. The molecule has 0 aromatic carbocycles. The fourth-order valence-electron chi connectivity index (χ4n) is 0. The first kappa shape index (κ1) is 16.5. The molecule has 5 nitrogen and oxygen atoms in total. The monoisotopic (exact) mass is 465 g/mol. The average Bonchev–Trinajstić information content (AvgIpc) is 0.650. The van der Waals surface area contributed by atoms with E-state index in [1.54, 1.807) is 0 Å². The van der Waals surface area contributed by atoms with E-state index in [2.05, 4.69) is 0 Å². The van der Waals surface area contributed by atoms with Crippen molar-refractivity contribution in [3.63, 3.8) is 0 Å². The molecule has 0 fully saturated rings. The summed E-state index contributed by atoms with van der Waals surface area (Å²) in [6.07, 6.45) is 0. The van der Waals surface area contributed by atoms with Crippen molar-refractivity contribution in [3.8, 4) is 0 Å². The summed E-state index contributed by atoms with van der Waals surface area (Å²) in [4.78, 5) is 0. The van der Waals surface area contributed by atoms with Crippen LogP contribution in [0.2, 0.25) is 0 Å². The predicted octanol–water partition coefficient (Wildman–Crippen LogP) is -1.52. The molecule has 0 bridgehead atoms. The van der Waals surface area contributed by atoms with Crippen LogP contribution in [0, 0.1) is 0 Å². The van der Waals surface area contributed by atoms with Crippen LogP contribution in [0.25, 0.3) is 0 Å². The van der Waals surface area contributed by atoms with Crippen LogP contribution in [0.4, 0.5) is 0 Å². The Morgan fingerprint density at radius 3 is 0.750 bits per heavy atom. The van der Waals surface area contributed by atoms with Crippen molar-refractivity contribution in [1.82, 2.24) is 0 Å². The van der Waals surface area contributed by atoms with Gasteiger partial charge in [-0.25, -0.2) is 0 Å². The second-order valence-corrected chi connectivity index (χ2v) is 6.10. The quantitative estimate of drug-likeness (QED) is 0.406. The maximum Gasteiger partial charge on any atom is 0 e. The molecule has 0 atom stereocenters. The van der Waals surface area contributed by atoms with Crippen molar-refractivity contribution in [2.75, 3.05) is 0 Å². The van der Waals surface area contributed by atoms with E-state index in [-0.39, 0.29) is 68.4 Å². The summed E-state index contributed by atoms with van der Waals surface area (Å²) in [6, 6.07) is 0. The van der Waals surface area contributed by atoms with Crippen LogP contribution >= 0.6 is 0 Å². The Hall–Kier alpha value is 1.94. The molecule has 0 rings (SSSR count). The van der Waals surface area contributed by atoms with Gasteiger partial charge in [0.2, 0.25) is 0 Å². The van der Waals surface area contributed by atoms with Gasteiger partial charge in [0, 0.05) is 19.5 Å². The molecule has 0 saturated heterocycles. The van der Waals surface area contributed by atoms with Gasteiger partial charge in [-0.15, -0.1) is 0 Å². The Labute approximate surface area is 98.0 Å². The molecular formula is H2BaO5TaZn. The van der Waals surface area contributed by atoms with Crippen LogP contribution in [0.3, 0.4) is 0 Å². The summed E-state index contributed by atoms with van der Waals surface area (Å²) in [5.41, 5.74) is 0. The molecule has 0 aliphatic heterocycles. The normalized spacial score (nSPS) is 7.50. The predicted molar refractivity (Wildman–Crippen MR) is 12.0 cm³/mol. The van der Waals surface area contributed by atoms with E-state index in [9.17, 15) is 0 Å². The standard InChI is InChI=1S/Ba.5O.Ta.Zn.2H. The molecule has 0 aliphatic rings. The van der Waals surface area contributed by atoms with E-state index < -0.39 is 15.7 Å². The molecule has 41 valence electrons. The summed E-state index contributed by atoms with van der Waals surface area (Å²) in [7, 11) is 0. The largest absolute Gasteiger partial charge is 0 e. The Balaban J connectivity index is -0.000000125. The summed E-state index contributed by atoms with van der Waals surface area (Å²) in [6.45, 7) is 0. The second-order valence-electron chi connectivity index (χ2n) is 0.745. The minimum absolute atomic E-state index is 0. The first-order valence-corrected chi connectivity index (χ1v) is 7.47. The van der Waals surface area contributed by atoms with E-state index in [4.69, 9.17) is 16.3 Å². The first-order chi connectivity index (χ1) is 2.24. The van der Waals surface area contributed by atoms with Crippen molar-refractivity contribution >= 4 is 48.9 Å². The third kappa shape index (κ3) is 102. The van der Waals surface area contributed by atoms with Gasteiger partial charge in [0.05, 0.1) is 0 Å². The maximum atomic E-state index is 8.67. The van der Waals surface area contributed by atoms with Gasteiger partial charge in [-0.1, -0.05) is 0 Å². The molecule has 8 heavy (non-hydrogen) atoms. The molecular weight excluding hydrogens is 464 g/mol. The van der Waals surface area contributed by atoms with E-state index in [1.807, 2.05) is 0 Å². The molecule has 0 aliphatic carbocycles. The van der Waals surface area contributed by atoms with Crippen LogP contribution in [0.15, 0.2) is 0 Å². The van der Waals surface area contributed by atoms with E-state index in [0.717, 1.165) is 0 Å². The maximum absolute atomic E-state index is 8.67. The molecule has 0 N–H and O–H groups in total. The van der Waals surface area contributed by atoms with Gasteiger partial charge in [-0.3, -0.25) is 0 Å². The van der Waals surface area contributed by atoms with Crippen molar-refractivity contribution in [2.45, 2.75) is 0 Å². The number of rotatable bonds is 0. The van der Waals surface area contributed by atoms with E-state index in [1.165, 1.54) is 0 Å². The minimum atomic E-state index is -8.05. The fourth-order valence-corrected chi connectivity index (χ4v) is 0. The zero-order valence-corrected chi connectivity index (χ0v) is 9.38. The van der Waals surface area contributed by atoms with Crippen molar-refractivity contribution in [2.24, 2.45) is 0 Å². The second kappa shape index (κ2) is 3.95. The van der Waals surface area contributed by atoms with Crippen LogP contribution in [0.1, 0.15) is 0 Å². The third-order valence-corrected chi connectivity index (χ3v) is 0. The summed E-state index contributed by atoms with van der Waals surface area (Å²) < 4.78 is 43.4. The number of hydrogen-bond donors (Lipinski definition) is 0. The Morgan fingerprint density at radius 2 is 0.750 bits per heavy atom. The van der Waals surface area contributed by atoms with Gasteiger partial charge < -0.3 is 0 Å². The van der Waals surface area contributed by atoms with E-state index >= 15 is 0 Å². The molecule has 0 aromatic rings. The first-order valence-electron chi connectivity index (χ1n) is 0.913. The SMILES string of the molecule is [BaH2].[O]=[Ta](=[O])(=[O])(=[O])=[O].[Zn]. The van der Waals surface area contributed by atoms with Gasteiger partial charge >= 0.3 is 80.8 Å². The third-order valence-electron chi connectivity index (χ3n) is 0. The molecule has 0 saturated carbocycles. The topological polar surface area (TPSA) is 85.3 Å². The molecule has 0 amide bonds. The van der Waals surface area contributed by atoms with E-state index in [0.29, 0.717) is 0 Å². The molecule has 8 heteroatoms. The molecule has 0 spiro atoms. The zero-order valence-electron chi connectivity index (χ0n) is 3.20. The molecule has 0 heterocycles. The Kier molecular flexibility index (Phi) is 8.14. The molecule has 0 unspecified atom stereocenters. The molecule has 0 radical (unpaired) electrons. The van der Waals surface area contributed by atoms with Crippen molar-refractivity contribution in [1.29, 1.82) is 0 Å². The van der Waals surface area contributed by atoms with Crippen molar-refractivity contribution in [3.05, 3.63) is 0 Å². The van der Waals surface area contributed by atoms with Crippen LogP contribution in [0.5, 0.6) is 0 Å². The zero-order chi connectivity index (χ0) is 5.45. The molecule has 0 aromatic heterocycles. The van der Waals surface area contributed by atoms with Gasteiger partial charge in [0.25, 0.3) is 0 Å². The van der Waals surface area contributed by atoms with Gasteiger partial charge in [0.1, 0.15) is 0 Å². The van der Waals surface area contributed by atoms with Crippen LogP contribution in [-0.4, -0.2) is 48.9 Å². The average molecular weight is 466 g/mol. The van der Waals surface area contributed by atoms with Gasteiger partial charge in [-0.2, -0.15) is 0 Å². The summed E-state index contributed by atoms with van der Waals surface area (Å²) in [5.74, 6) is 0. The Morgan fingerprint density at radius 1 is 0.750 bits per heavy atom. The fraction of sp³-hybridized carbons (Fsp3) is 0. The summed E-state index contributed by atoms with van der Waals surface area (Å²) in [5, 5.41) is 0. The minimum Gasteiger partial charge on any atom is 0 e. The van der Waals surface area contributed by atoms with Crippen LogP contribution < -0.4 is 0 Å². The van der Waals surface area contributed by atoms with Gasteiger partial charge in [0.15, 0.2) is 0 Å². The number of hydrogen-bond acceptors (Lipinski definition) is 5. The van der Waals surface area contributed by atoms with Crippen molar-refractivity contribution < 1.29 is 51.4 Å². The smallest absolute Gasteiger partial charge is 0 e. The van der Waals surface area contributed by atoms with Gasteiger partial charge in [-0.05, 0) is 0 Å². The van der Waals surface area contributed by atoms with Crippen LogP contribution in [-0.2, 0) is 51.4 Å². The Bertz CT molecular complexity index is 282.